The van der Waals surface area contributed by atoms with Crippen molar-refractivity contribution in [3.8, 4) is 11.1 Å². The van der Waals surface area contributed by atoms with Gasteiger partial charge in [0.1, 0.15) is 17.0 Å². The summed E-state index contributed by atoms with van der Waals surface area (Å²) in [5.41, 5.74) is 4.47. The molecule has 1 aliphatic rings. The van der Waals surface area contributed by atoms with E-state index in [9.17, 15) is 14.0 Å². The second kappa shape index (κ2) is 8.72. The summed E-state index contributed by atoms with van der Waals surface area (Å²) in [4.78, 5) is 29.7. The van der Waals surface area contributed by atoms with Gasteiger partial charge in [-0.15, -0.1) is 0 Å². The predicted octanol–water partition coefficient (Wildman–Crippen LogP) is 4.67. The second-order valence-corrected chi connectivity index (χ2v) is 9.09. The van der Waals surface area contributed by atoms with Crippen molar-refractivity contribution >= 4 is 27.8 Å². The van der Waals surface area contributed by atoms with Crippen molar-refractivity contribution in [1.82, 2.24) is 9.80 Å². The van der Waals surface area contributed by atoms with Gasteiger partial charge in [0.25, 0.3) is 0 Å². The molecule has 0 aliphatic carbocycles. The van der Waals surface area contributed by atoms with Crippen LogP contribution in [0.1, 0.15) is 23.1 Å². The Hall–Kier alpha value is -3.45. The summed E-state index contributed by atoms with van der Waals surface area (Å²) in [5, 5.41) is 1.68. The van der Waals surface area contributed by atoms with Crippen LogP contribution in [0, 0.1) is 19.7 Å². The lowest BCUT2D eigenvalue weighted by atomic mass is 9.96. The number of furan rings is 1. The Bertz CT molecular complexity index is 1440. The minimum atomic E-state index is -0.413. The van der Waals surface area contributed by atoms with Gasteiger partial charge in [0, 0.05) is 60.1 Å². The fourth-order valence-corrected chi connectivity index (χ4v) is 4.78. The maximum atomic E-state index is 13.4. The van der Waals surface area contributed by atoms with Crippen molar-refractivity contribution in [3.63, 3.8) is 0 Å². The molecule has 3 heterocycles. The van der Waals surface area contributed by atoms with E-state index in [0.717, 1.165) is 46.1 Å². The standard InChI is InChI=1S/C27H27FN2O4/c1-16-20(8-9-24(31)30-12-10-29(3)11-13-30)27(32)34-26-17(2)25-22(14-21(16)26)23(15-33-25)18-4-6-19(28)7-5-18/h4-7,14-15H,8-13H2,1-3H3. The highest BCUT2D eigenvalue weighted by Crippen LogP contribution is 2.37. The number of carbonyl (C=O) groups is 1. The lowest BCUT2D eigenvalue weighted by molar-refractivity contribution is -0.132. The van der Waals surface area contributed by atoms with Crippen LogP contribution >= 0.6 is 0 Å². The van der Waals surface area contributed by atoms with Crippen LogP contribution < -0.4 is 5.63 Å². The largest absolute Gasteiger partial charge is 0.463 e. The SMILES string of the molecule is Cc1c(CCC(=O)N2CCN(C)CC2)c(=O)oc2c(C)c3occ(-c4ccc(F)cc4)c3cc12. The van der Waals surface area contributed by atoms with Crippen LogP contribution in [0.25, 0.3) is 33.1 Å². The molecule has 7 heteroatoms. The van der Waals surface area contributed by atoms with Gasteiger partial charge in [-0.25, -0.2) is 9.18 Å². The molecular formula is C27H27FN2O4. The molecule has 4 aromatic rings. The fraction of sp³-hybridized carbons (Fsp3) is 0.333. The highest BCUT2D eigenvalue weighted by Gasteiger charge is 2.22. The normalized spacial score (nSPS) is 14.9. The molecule has 0 unspecified atom stereocenters. The fourth-order valence-electron chi connectivity index (χ4n) is 4.78. The molecule has 176 valence electrons. The molecule has 5 rings (SSSR count). The molecule has 0 bridgehead atoms. The van der Waals surface area contributed by atoms with Gasteiger partial charge in [-0.3, -0.25) is 4.79 Å². The molecule has 1 fully saturated rings. The molecule has 1 amide bonds. The average Bonchev–Trinajstić information content (AvgIpc) is 3.25. The molecule has 1 aliphatic heterocycles. The van der Waals surface area contributed by atoms with E-state index in [2.05, 4.69) is 4.90 Å². The number of halogens is 1. The van der Waals surface area contributed by atoms with E-state index >= 15 is 0 Å². The van der Waals surface area contributed by atoms with Crippen molar-refractivity contribution in [1.29, 1.82) is 0 Å². The third-order valence-corrected chi connectivity index (χ3v) is 6.94. The van der Waals surface area contributed by atoms with Gasteiger partial charge in [-0.2, -0.15) is 0 Å². The Morgan fingerprint density at radius 2 is 1.71 bits per heavy atom. The molecule has 0 spiro atoms. The topological polar surface area (TPSA) is 66.9 Å². The van der Waals surface area contributed by atoms with E-state index < -0.39 is 5.63 Å². The average molecular weight is 463 g/mol. The van der Waals surface area contributed by atoms with Crippen LogP contribution in [-0.2, 0) is 11.2 Å². The van der Waals surface area contributed by atoms with Crippen molar-refractivity contribution in [2.75, 3.05) is 33.2 Å². The van der Waals surface area contributed by atoms with Gasteiger partial charge < -0.3 is 18.6 Å². The first-order valence-corrected chi connectivity index (χ1v) is 11.5. The molecule has 0 radical (unpaired) electrons. The Balaban J connectivity index is 1.52. The van der Waals surface area contributed by atoms with Crippen LogP contribution in [0.4, 0.5) is 4.39 Å². The number of likely N-dealkylation sites (N-methyl/N-ethyl adjacent to an activating group) is 1. The first-order valence-electron chi connectivity index (χ1n) is 11.5. The van der Waals surface area contributed by atoms with Crippen molar-refractivity contribution < 1.29 is 18.0 Å². The lowest BCUT2D eigenvalue weighted by Crippen LogP contribution is -2.47. The van der Waals surface area contributed by atoms with Crippen LogP contribution in [0.2, 0.25) is 0 Å². The van der Waals surface area contributed by atoms with E-state index in [1.165, 1.54) is 12.1 Å². The quantitative estimate of drug-likeness (QED) is 0.413. The summed E-state index contributed by atoms with van der Waals surface area (Å²) in [7, 11) is 2.05. The summed E-state index contributed by atoms with van der Waals surface area (Å²) in [5.74, 6) is -0.237. The van der Waals surface area contributed by atoms with E-state index in [1.807, 2.05) is 31.9 Å². The number of nitrogens with zero attached hydrogens (tertiary/aromatic N) is 2. The van der Waals surface area contributed by atoms with Gasteiger partial charge in [-0.05, 0) is 56.6 Å². The molecule has 2 aromatic carbocycles. The van der Waals surface area contributed by atoms with Gasteiger partial charge in [0.15, 0.2) is 0 Å². The predicted molar refractivity (Wildman–Crippen MR) is 130 cm³/mol. The first-order chi connectivity index (χ1) is 16.3. The molecule has 1 saturated heterocycles. The summed E-state index contributed by atoms with van der Waals surface area (Å²) in [6, 6.07) is 8.23. The highest BCUT2D eigenvalue weighted by molar-refractivity contribution is 6.04. The Morgan fingerprint density at radius 3 is 2.41 bits per heavy atom. The number of amides is 1. The van der Waals surface area contributed by atoms with Gasteiger partial charge in [0.2, 0.25) is 5.91 Å². The summed E-state index contributed by atoms with van der Waals surface area (Å²) in [6.07, 6.45) is 2.25. The van der Waals surface area contributed by atoms with Crippen molar-refractivity contribution in [3.05, 3.63) is 69.5 Å². The number of carbonyl (C=O) groups excluding carboxylic acids is 1. The van der Waals surface area contributed by atoms with Crippen LogP contribution in [0.3, 0.4) is 0 Å². The molecule has 0 saturated carbocycles. The maximum Gasteiger partial charge on any atom is 0.339 e. The Labute approximate surface area is 196 Å². The molecule has 34 heavy (non-hydrogen) atoms. The number of piperazine rings is 1. The number of rotatable bonds is 4. The third kappa shape index (κ3) is 3.90. The maximum absolute atomic E-state index is 13.4. The zero-order chi connectivity index (χ0) is 24.0. The van der Waals surface area contributed by atoms with E-state index in [-0.39, 0.29) is 18.1 Å². The zero-order valence-electron chi connectivity index (χ0n) is 19.6. The van der Waals surface area contributed by atoms with Crippen LogP contribution in [-0.4, -0.2) is 48.9 Å². The number of fused-ring (bicyclic) bond motifs is 2. The Kier molecular flexibility index (Phi) is 5.73. The number of aryl methyl sites for hydroxylation is 2. The second-order valence-electron chi connectivity index (χ2n) is 9.09. The van der Waals surface area contributed by atoms with Gasteiger partial charge >= 0.3 is 5.63 Å². The van der Waals surface area contributed by atoms with Crippen molar-refractivity contribution in [2.24, 2.45) is 0 Å². The van der Waals surface area contributed by atoms with Crippen molar-refractivity contribution in [2.45, 2.75) is 26.7 Å². The smallest absolute Gasteiger partial charge is 0.339 e. The minimum Gasteiger partial charge on any atom is -0.463 e. The van der Waals surface area contributed by atoms with E-state index in [4.69, 9.17) is 8.83 Å². The summed E-state index contributed by atoms with van der Waals surface area (Å²) >= 11 is 0. The molecule has 0 N–H and O–H groups in total. The van der Waals surface area contributed by atoms with Crippen LogP contribution in [0.15, 0.2) is 50.2 Å². The Morgan fingerprint density at radius 1 is 1.00 bits per heavy atom. The van der Waals surface area contributed by atoms with E-state index in [1.54, 1.807) is 18.4 Å². The zero-order valence-corrected chi connectivity index (χ0v) is 19.6. The number of hydrogen-bond donors (Lipinski definition) is 0. The van der Waals surface area contributed by atoms with Gasteiger partial charge in [0.05, 0.1) is 6.26 Å². The summed E-state index contributed by atoms with van der Waals surface area (Å²) in [6.45, 7) is 6.91. The lowest BCUT2D eigenvalue weighted by Gasteiger charge is -2.32. The number of hydrogen-bond acceptors (Lipinski definition) is 5. The number of benzene rings is 2. The molecular weight excluding hydrogens is 435 g/mol. The van der Waals surface area contributed by atoms with Crippen LogP contribution in [0.5, 0.6) is 0 Å². The monoisotopic (exact) mass is 462 g/mol. The minimum absolute atomic E-state index is 0.0621. The third-order valence-electron chi connectivity index (χ3n) is 6.94. The molecule has 2 aromatic heterocycles. The molecule has 6 nitrogen and oxygen atoms in total. The highest BCUT2D eigenvalue weighted by atomic mass is 19.1. The first kappa shape index (κ1) is 22.3. The van der Waals surface area contributed by atoms with E-state index in [0.29, 0.717) is 36.2 Å². The van der Waals surface area contributed by atoms with Gasteiger partial charge in [-0.1, -0.05) is 12.1 Å². The summed E-state index contributed by atoms with van der Waals surface area (Å²) < 4.78 is 25.0. The molecule has 0 atom stereocenters.